The number of para-hydroxylation sites is 1. The molecule has 0 bridgehead atoms. The number of benzene rings is 2. The standard InChI is InChI=1S/C20H22N2O4/c1-13-6-5-7-14(2)18(13)22-19(23)15(3)26-21-12-16-8-10-17(11-9-16)20(24)25-4/h5-12,15H,1-4H3,(H,22,23)/b21-12+. The third-order valence-corrected chi connectivity index (χ3v) is 3.85. The first-order valence-electron chi connectivity index (χ1n) is 8.17. The Hall–Kier alpha value is -3.15. The van der Waals surface area contributed by atoms with Crippen molar-refractivity contribution in [1.82, 2.24) is 0 Å². The number of hydrogen-bond donors (Lipinski definition) is 1. The van der Waals surface area contributed by atoms with Crippen molar-refractivity contribution in [2.75, 3.05) is 12.4 Å². The largest absolute Gasteiger partial charge is 0.465 e. The van der Waals surface area contributed by atoms with Gasteiger partial charge in [-0.1, -0.05) is 35.5 Å². The quantitative estimate of drug-likeness (QED) is 0.489. The molecule has 0 radical (unpaired) electrons. The number of hydrogen-bond acceptors (Lipinski definition) is 5. The van der Waals surface area contributed by atoms with E-state index >= 15 is 0 Å². The van der Waals surface area contributed by atoms with Gasteiger partial charge in [0.25, 0.3) is 5.91 Å². The lowest BCUT2D eigenvalue weighted by Gasteiger charge is -2.14. The van der Waals surface area contributed by atoms with Gasteiger partial charge in [0.05, 0.1) is 18.9 Å². The first-order chi connectivity index (χ1) is 12.4. The van der Waals surface area contributed by atoms with Crippen LogP contribution in [0.5, 0.6) is 0 Å². The highest BCUT2D eigenvalue weighted by molar-refractivity contribution is 5.95. The Bertz CT molecular complexity index is 793. The molecule has 1 unspecified atom stereocenters. The summed E-state index contributed by atoms with van der Waals surface area (Å²) in [7, 11) is 1.33. The highest BCUT2D eigenvalue weighted by Crippen LogP contribution is 2.19. The van der Waals surface area contributed by atoms with Gasteiger partial charge < -0.3 is 14.9 Å². The van der Waals surface area contributed by atoms with Crippen LogP contribution in [-0.2, 0) is 14.4 Å². The van der Waals surface area contributed by atoms with Gasteiger partial charge in [0.1, 0.15) is 0 Å². The molecule has 0 fully saturated rings. The minimum atomic E-state index is -0.750. The summed E-state index contributed by atoms with van der Waals surface area (Å²) >= 11 is 0. The Labute approximate surface area is 152 Å². The normalized spacial score (nSPS) is 11.8. The van der Waals surface area contributed by atoms with Crippen LogP contribution in [0.1, 0.15) is 34.0 Å². The van der Waals surface area contributed by atoms with Gasteiger partial charge in [0.2, 0.25) is 6.10 Å². The zero-order valence-electron chi connectivity index (χ0n) is 15.3. The maximum Gasteiger partial charge on any atom is 0.337 e. The molecule has 0 aliphatic heterocycles. The van der Waals surface area contributed by atoms with Gasteiger partial charge in [0, 0.05) is 5.69 Å². The average Bonchev–Trinajstić information content (AvgIpc) is 2.64. The molecule has 6 heteroatoms. The molecule has 136 valence electrons. The van der Waals surface area contributed by atoms with Crippen molar-refractivity contribution in [1.29, 1.82) is 0 Å². The van der Waals surface area contributed by atoms with E-state index in [9.17, 15) is 9.59 Å². The van der Waals surface area contributed by atoms with E-state index in [1.165, 1.54) is 13.3 Å². The van der Waals surface area contributed by atoms with Crippen LogP contribution in [-0.4, -0.2) is 31.3 Å². The first-order valence-corrected chi connectivity index (χ1v) is 8.17. The van der Waals surface area contributed by atoms with Crippen molar-refractivity contribution in [3.8, 4) is 0 Å². The smallest absolute Gasteiger partial charge is 0.337 e. The van der Waals surface area contributed by atoms with Gasteiger partial charge in [0.15, 0.2) is 0 Å². The highest BCUT2D eigenvalue weighted by Gasteiger charge is 2.16. The zero-order valence-corrected chi connectivity index (χ0v) is 15.3. The number of nitrogens with zero attached hydrogens (tertiary/aromatic N) is 1. The number of methoxy groups -OCH3 is 1. The zero-order chi connectivity index (χ0) is 19.1. The lowest BCUT2D eigenvalue weighted by Crippen LogP contribution is -2.27. The van der Waals surface area contributed by atoms with Crippen molar-refractivity contribution in [2.24, 2.45) is 5.16 Å². The Morgan fingerprint density at radius 2 is 1.69 bits per heavy atom. The monoisotopic (exact) mass is 354 g/mol. The third kappa shape index (κ3) is 4.92. The Kier molecular flexibility index (Phi) is 6.49. The molecule has 0 heterocycles. The molecular weight excluding hydrogens is 332 g/mol. The van der Waals surface area contributed by atoms with Gasteiger partial charge >= 0.3 is 5.97 Å². The van der Waals surface area contributed by atoms with E-state index < -0.39 is 12.1 Å². The second-order valence-corrected chi connectivity index (χ2v) is 5.85. The fourth-order valence-electron chi connectivity index (χ4n) is 2.29. The number of nitrogens with one attached hydrogen (secondary N) is 1. The molecule has 0 saturated carbocycles. The van der Waals surface area contributed by atoms with E-state index in [4.69, 9.17) is 4.84 Å². The summed E-state index contributed by atoms with van der Waals surface area (Å²) < 4.78 is 4.64. The third-order valence-electron chi connectivity index (χ3n) is 3.85. The summed E-state index contributed by atoms with van der Waals surface area (Å²) in [6, 6.07) is 12.5. The van der Waals surface area contributed by atoms with Crippen molar-refractivity contribution in [3.05, 3.63) is 64.7 Å². The Morgan fingerprint density at radius 3 is 2.27 bits per heavy atom. The summed E-state index contributed by atoms with van der Waals surface area (Å²) in [5, 5.41) is 6.71. The fraction of sp³-hybridized carbons (Fsp3) is 0.250. The number of rotatable bonds is 6. The minimum absolute atomic E-state index is 0.277. The molecule has 0 aliphatic rings. The number of esters is 1. The van der Waals surface area contributed by atoms with Crippen molar-refractivity contribution in [2.45, 2.75) is 26.9 Å². The van der Waals surface area contributed by atoms with Crippen LogP contribution in [0.4, 0.5) is 5.69 Å². The van der Waals surface area contributed by atoms with Crippen molar-refractivity contribution >= 4 is 23.8 Å². The molecule has 2 aromatic carbocycles. The number of ether oxygens (including phenoxy) is 1. The molecule has 0 aliphatic carbocycles. The number of carbonyl (C=O) groups excluding carboxylic acids is 2. The lowest BCUT2D eigenvalue weighted by atomic mass is 10.1. The molecular formula is C20H22N2O4. The topological polar surface area (TPSA) is 77.0 Å². The van der Waals surface area contributed by atoms with Crippen molar-refractivity contribution < 1.29 is 19.2 Å². The summed E-state index contributed by atoms with van der Waals surface area (Å²) in [4.78, 5) is 28.9. The van der Waals surface area contributed by atoms with Crippen LogP contribution in [0.2, 0.25) is 0 Å². The summed E-state index contributed by atoms with van der Waals surface area (Å²) in [6.07, 6.45) is 0.726. The minimum Gasteiger partial charge on any atom is -0.465 e. The second-order valence-electron chi connectivity index (χ2n) is 5.85. The SMILES string of the molecule is COC(=O)c1ccc(/C=N/OC(C)C(=O)Nc2c(C)cccc2C)cc1. The number of aryl methyl sites for hydroxylation is 2. The summed E-state index contributed by atoms with van der Waals surface area (Å²) in [6.45, 7) is 5.50. The van der Waals surface area contributed by atoms with Crippen LogP contribution in [0.15, 0.2) is 47.6 Å². The van der Waals surface area contributed by atoms with E-state index in [0.29, 0.717) is 5.56 Å². The molecule has 1 atom stereocenters. The number of amides is 1. The summed E-state index contributed by atoms with van der Waals surface area (Å²) in [5.41, 5.74) is 3.95. The molecule has 0 spiro atoms. The number of oxime groups is 1. The van der Waals surface area contributed by atoms with Gasteiger partial charge in [-0.3, -0.25) is 4.79 Å². The molecule has 6 nitrogen and oxygen atoms in total. The van der Waals surface area contributed by atoms with Crippen LogP contribution < -0.4 is 5.32 Å². The second kappa shape index (κ2) is 8.80. The van der Waals surface area contributed by atoms with Gasteiger partial charge in [-0.2, -0.15) is 0 Å². The Morgan fingerprint density at radius 1 is 1.08 bits per heavy atom. The maximum absolute atomic E-state index is 12.3. The Balaban J connectivity index is 1.93. The predicted octanol–water partition coefficient (Wildman–Crippen LogP) is 3.47. The van der Waals surface area contributed by atoms with E-state index in [0.717, 1.165) is 22.4 Å². The van der Waals surface area contributed by atoms with Gasteiger partial charge in [-0.05, 0) is 49.6 Å². The van der Waals surface area contributed by atoms with Gasteiger partial charge in [-0.15, -0.1) is 0 Å². The van der Waals surface area contributed by atoms with E-state index in [2.05, 4.69) is 15.2 Å². The predicted molar refractivity (Wildman–Crippen MR) is 100 cm³/mol. The van der Waals surface area contributed by atoms with Crippen LogP contribution in [0.3, 0.4) is 0 Å². The molecule has 2 aromatic rings. The molecule has 26 heavy (non-hydrogen) atoms. The van der Waals surface area contributed by atoms with Crippen molar-refractivity contribution in [3.63, 3.8) is 0 Å². The molecule has 1 N–H and O–H groups in total. The molecule has 0 saturated heterocycles. The molecule has 2 rings (SSSR count). The number of anilines is 1. The number of carbonyl (C=O) groups is 2. The van der Waals surface area contributed by atoms with E-state index in [1.807, 2.05) is 32.0 Å². The average molecular weight is 354 g/mol. The van der Waals surface area contributed by atoms with Crippen LogP contribution in [0, 0.1) is 13.8 Å². The molecule has 1 amide bonds. The van der Waals surface area contributed by atoms with E-state index in [1.54, 1.807) is 31.2 Å². The lowest BCUT2D eigenvalue weighted by molar-refractivity contribution is -0.126. The van der Waals surface area contributed by atoms with Crippen LogP contribution in [0.25, 0.3) is 0 Å². The molecule has 0 aromatic heterocycles. The van der Waals surface area contributed by atoms with Gasteiger partial charge in [-0.25, -0.2) is 4.79 Å². The van der Waals surface area contributed by atoms with E-state index in [-0.39, 0.29) is 5.91 Å². The fourth-order valence-corrected chi connectivity index (χ4v) is 2.29. The summed E-state index contributed by atoms with van der Waals surface area (Å²) in [5.74, 6) is -0.679. The van der Waals surface area contributed by atoms with Crippen LogP contribution >= 0.6 is 0 Å². The highest BCUT2D eigenvalue weighted by atomic mass is 16.6. The maximum atomic E-state index is 12.3. The first kappa shape index (κ1) is 19.2.